The molecule has 3 N–H and O–H groups in total. The summed E-state index contributed by atoms with van der Waals surface area (Å²) in [4.78, 5) is 27.3. The summed E-state index contributed by atoms with van der Waals surface area (Å²) in [5, 5.41) is 19.0. The lowest BCUT2D eigenvalue weighted by Gasteiger charge is -2.32. The molecule has 2 aromatic carbocycles. The molecule has 0 aliphatic carbocycles. The monoisotopic (exact) mass is 596 g/mol. The Labute approximate surface area is 240 Å². The van der Waals surface area contributed by atoms with Crippen molar-refractivity contribution >= 4 is 29.3 Å². The molecular formula is C27H32ClF3N6O4. The van der Waals surface area contributed by atoms with Crippen molar-refractivity contribution in [1.82, 2.24) is 24.9 Å². The molecule has 4 rings (SSSR count). The largest absolute Gasteiger partial charge is 0.492 e. The Morgan fingerprint density at radius 3 is 2.37 bits per heavy atom. The molecule has 1 aliphatic heterocycles. The van der Waals surface area contributed by atoms with E-state index in [1.807, 2.05) is 14.1 Å². The van der Waals surface area contributed by atoms with Crippen molar-refractivity contribution in [3.05, 3.63) is 64.8 Å². The van der Waals surface area contributed by atoms with Crippen LogP contribution in [0.1, 0.15) is 15.9 Å². The van der Waals surface area contributed by atoms with E-state index >= 15 is 0 Å². The van der Waals surface area contributed by atoms with Crippen LogP contribution in [0.5, 0.6) is 5.75 Å². The van der Waals surface area contributed by atoms with E-state index in [2.05, 4.69) is 20.6 Å². The number of carboxylic acid groups (broad SMARTS) is 1. The molecule has 1 aromatic heterocycles. The summed E-state index contributed by atoms with van der Waals surface area (Å²) in [6.07, 6.45) is -4.03. The zero-order valence-electron chi connectivity index (χ0n) is 22.8. The van der Waals surface area contributed by atoms with Gasteiger partial charge >= 0.3 is 12.3 Å². The van der Waals surface area contributed by atoms with Gasteiger partial charge in [0, 0.05) is 56.6 Å². The van der Waals surface area contributed by atoms with E-state index < -0.39 is 23.7 Å². The zero-order chi connectivity index (χ0) is 30.2. The van der Waals surface area contributed by atoms with Gasteiger partial charge in [0.1, 0.15) is 12.4 Å². The fraction of sp³-hybridized carbons (Fsp3) is 0.370. The molecule has 10 nitrogen and oxygen atoms in total. The normalized spacial score (nSPS) is 13.8. The molecule has 222 valence electrons. The SMILES string of the molecule is CNC.Cn1ncc(Cl)c1-c1cc(NC(=O)c2cccc(C(F)(F)F)c2)ccc1OCCN1CCN(C(=O)O)CC1. The minimum absolute atomic E-state index is 0.136. The van der Waals surface area contributed by atoms with Crippen LogP contribution in [0, 0.1) is 0 Å². The minimum atomic E-state index is -4.57. The molecule has 2 amide bonds. The summed E-state index contributed by atoms with van der Waals surface area (Å²) < 4.78 is 46.8. The Hall–Kier alpha value is -3.81. The molecule has 1 aliphatic rings. The number of ether oxygens (including phenoxy) is 1. The predicted molar refractivity (Wildman–Crippen MR) is 150 cm³/mol. The van der Waals surface area contributed by atoms with Crippen LogP contribution >= 0.6 is 11.6 Å². The van der Waals surface area contributed by atoms with E-state index in [1.165, 1.54) is 23.2 Å². The number of piperazine rings is 1. The summed E-state index contributed by atoms with van der Waals surface area (Å²) in [7, 11) is 5.45. The van der Waals surface area contributed by atoms with Gasteiger partial charge < -0.3 is 25.4 Å². The second kappa shape index (κ2) is 14.2. The zero-order valence-corrected chi connectivity index (χ0v) is 23.6. The number of benzene rings is 2. The van der Waals surface area contributed by atoms with Crippen LogP contribution in [0.3, 0.4) is 0 Å². The Kier molecular flexibility index (Phi) is 11.0. The average molecular weight is 597 g/mol. The lowest BCUT2D eigenvalue weighted by atomic mass is 10.1. The number of nitrogens with zero attached hydrogens (tertiary/aromatic N) is 4. The number of carbonyl (C=O) groups excluding carboxylic acids is 1. The summed E-state index contributed by atoms with van der Waals surface area (Å²) in [6, 6.07) is 9.02. The second-order valence-electron chi connectivity index (χ2n) is 9.17. The van der Waals surface area contributed by atoms with E-state index in [9.17, 15) is 22.8 Å². The molecule has 2 heterocycles. The summed E-state index contributed by atoms with van der Waals surface area (Å²) in [5.74, 6) is -0.232. The standard InChI is InChI=1S/C25H25ClF3N5O4.C2H7N/c1-32-22(20(26)15-30-32)19-14-18(31-23(35)16-3-2-4-17(13-16)25(27,28)29)5-6-21(19)38-12-11-33-7-9-34(10-8-33)24(36)37;1-3-2/h2-6,13-15H,7-12H2,1H3,(H,31,35)(H,36,37);3H,1-2H3. The van der Waals surface area contributed by atoms with Crippen LogP contribution in [-0.4, -0.2) is 90.1 Å². The summed E-state index contributed by atoms with van der Waals surface area (Å²) >= 11 is 6.37. The van der Waals surface area contributed by atoms with Gasteiger partial charge in [-0.1, -0.05) is 17.7 Å². The Bertz CT molecular complexity index is 1320. The van der Waals surface area contributed by atoms with Crippen LogP contribution in [0.15, 0.2) is 48.7 Å². The van der Waals surface area contributed by atoms with Crippen LogP contribution in [0.2, 0.25) is 5.02 Å². The van der Waals surface area contributed by atoms with E-state index in [-0.39, 0.29) is 5.56 Å². The average Bonchev–Trinajstić information content (AvgIpc) is 3.27. The Morgan fingerprint density at radius 2 is 1.78 bits per heavy atom. The van der Waals surface area contributed by atoms with Crippen LogP contribution in [0.4, 0.5) is 23.7 Å². The highest BCUT2D eigenvalue weighted by molar-refractivity contribution is 6.33. The number of alkyl halides is 3. The maximum atomic E-state index is 13.1. The number of halogens is 4. The van der Waals surface area contributed by atoms with Crippen molar-refractivity contribution in [2.75, 3.05) is 58.7 Å². The molecule has 41 heavy (non-hydrogen) atoms. The highest BCUT2D eigenvalue weighted by Gasteiger charge is 2.31. The lowest BCUT2D eigenvalue weighted by Crippen LogP contribution is -2.49. The molecule has 0 spiro atoms. The number of aromatic nitrogens is 2. The van der Waals surface area contributed by atoms with Crippen molar-refractivity contribution in [2.24, 2.45) is 7.05 Å². The molecular weight excluding hydrogens is 565 g/mol. The van der Waals surface area contributed by atoms with E-state index in [4.69, 9.17) is 21.4 Å². The Balaban J connectivity index is 0.00000147. The number of aryl methyl sites for hydroxylation is 1. The third kappa shape index (κ3) is 8.59. The first-order chi connectivity index (χ1) is 19.4. The van der Waals surface area contributed by atoms with Crippen LogP contribution in [0.25, 0.3) is 11.3 Å². The van der Waals surface area contributed by atoms with Gasteiger partial charge in [0.05, 0.1) is 22.5 Å². The molecule has 0 unspecified atom stereocenters. The Morgan fingerprint density at radius 1 is 1.10 bits per heavy atom. The first kappa shape index (κ1) is 31.7. The molecule has 1 saturated heterocycles. The first-order valence-electron chi connectivity index (χ1n) is 12.7. The quantitative estimate of drug-likeness (QED) is 0.368. The minimum Gasteiger partial charge on any atom is -0.492 e. The number of hydrogen-bond acceptors (Lipinski definition) is 6. The van der Waals surface area contributed by atoms with Crippen molar-refractivity contribution in [1.29, 1.82) is 0 Å². The second-order valence-corrected chi connectivity index (χ2v) is 9.58. The molecule has 0 saturated carbocycles. The highest BCUT2D eigenvalue weighted by Crippen LogP contribution is 2.37. The van der Waals surface area contributed by atoms with Gasteiger partial charge in [0.25, 0.3) is 5.91 Å². The van der Waals surface area contributed by atoms with E-state index in [0.29, 0.717) is 67.0 Å². The van der Waals surface area contributed by atoms with Gasteiger partial charge in [0.15, 0.2) is 0 Å². The predicted octanol–water partition coefficient (Wildman–Crippen LogP) is 4.52. The maximum Gasteiger partial charge on any atom is 0.416 e. The fourth-order valence-corrected chi connectivity index (χ4v) is 4.39. The number of rotatable bonds is 7. The van der Waals surface area contributed by atoms with E-state index in [0.717, 1.165) is 12.1 Å². The summed E-state index contributed by atoms with van der Waals surface area (Å²) in [5.41, 5.74) is 0.347. The van der Waals surface area contributed by atoms with Gasteiger partial charge in [-0.15, -0.1) is 0 Å². The molecule has 0 radical (unpaired) electrons. The number of amides is 2. The lowest BCUT2D eigenvalue weighted by molar-refractivity contribution is -0.137. The number of hydrogen-bond donors (Lipinski definition) is 3. The van der Waals surface area contributed by atoms with Crippen molar-refractivity contribution < 1.29 is 32.6 Å². The molecule has 14 heteroatoms. The number of nitrogens with one attached hydrogen (secondary N) is 2. The van der Waals surface area contributed by atoms with Gasteiger partial charge in [-0.25, -0.2) is 4.79 Å². The van der Waals surface area contributed by atoms with Gasteiger partial charge in [-0.05, 0) is 50.5 Å². The van der Waals surface area contributed by atoms with Gasteiger partial charge in [0.2, 0.25) is 0 Å². The smallest absolute Gasteiger partial charge is 0.416 e. The third-order valence-corrected chi connectivity index (χ3v) is 6.42. The fourth-order valence-electron chi connectivity index (χ4n) is 4.12. The maximum absolute atomic E-state index is 13.1. The molecule has 1 fully saturated rings. The number of carbonyl (C=O) groups is 2. The molecule has 0 bridgehead atoms. The first-order valence-corrected chi connectivity index (χ1v) is 13.0. The van der Waals surface area contributed by atoms with Gasteiger partial charge in [-0.3, -0.25) is 14.4 Å². The van der Waals surface area contributed by atoms with Crippen LogP contribution in [-0.2, 0) is 13.2 Å². The van der Waals surface area contributed by atoms with Crippen molar-refractivity contribution in [3.8, 4) is 17.0 Å². The van der Waals surface area contributed by atoms with E-state index in [1.54, 1.807) is 29.9 Å². The van der Waals surface area contributed by atoms with Crippen molar-refractivity contribution in [3.63, 3.8) is 0 Å². The molecule has 3 aromatic rings. The van der Waals surface area contributed by atoms with Gasteiger partial charge in [-0.2, -0.15) is 18.3 Å². The highest BCUT2D eigenvalue weighted by atomic mass is 35.5. The van der Waals surface area contributed by atoms with Crippen molar-refractivity contribution in [2.45, 2.75) is 6.18 Å². The molecule has 0 atom stereocenters. The third-order valence-electron chi connectivity index (χ3n) is 6.15. The summed E-state index contributed by atoms with van der Waals surface area (Å²) in [6.45, 7) is 2.91. The topological polar surface area (TPSA) is 112 Å². The number of anilines is 1. The van der Waals surface area contributed by atoms with Crippen LogP contribution < -0.4 is 15.4 Å².